The summed E-state index contributed by atoms with van der Waals surface area (Å²) in [7, 11) is -3.87. The van der Waals surface area contributed by atoms with Gasteiger partial charge in [-0.2, -0.15) is 0 Å². The molecule has 1 saturated heterocycles. The molecule has 0 aliphatic carbocycles. The summed E-state index contributed by atoms with van der Waals surface area (Å²) >= 11 is 11.8. The van der Waals surface area contributed by atoms with Crippen LogP contribution in [0.25, 0.3) is 0 Å². The Morgan fingerprint density at radius 1 is 0.906 bits per heavy atom. The number of benzene rings is 2. The van der Waals surface area contributed by atoms with Crippen molar-refractivity contribution in [1.29, 1.82) is 0 Å². The minimum Gasteiger partial charge on any atom is -0.353 e. The van der Waals surface area contributed by atoms with Crippen LogP contribution in [0.15, 0.2) is 71.8 Å². The quantitative estimate of drug-likeness (QED) is 0.580. The molecule has 1 aliphatic heterocycles. The molecule has 2 aromatic carbocycles. The Balaban J connectivity index is 1.45. The van der Waals surface area contributed by atoms with Crippen molar-refractivity contribution in [2.45, 2.75) is 4.90 Å². The summed E-state index contributed by atoms with van der Waals surface area (Å²) in [5.41, 5.74) is 0.665. The maximum atomic E-state index is 13.0. The zero-order chi connectivity index (χ0) is 22.7. The molecule has 0 radical (unpaired) electrons. The summed E-state index contributed by atoms with van der Waals surface area (Å²) in [4.78, 5) is 21.1. The van der Waals surface area contributed by atoms with Crippen molar-refractivity contribution >= 4 is 50.6 Å². The van der Waals surface area contributed by atoms with E-state index in [9.17, 15) is 13.2 Å². The van der Waals surface area contributed by atoms with Gasteiger partial charge in [0.1, 0.15) is 5.82 Å². The SMILES string of the molecule is O=C(c1cccc(S(=O)(=O)Nc2cccc(Cl)c2)c1)N1CCN(c2ccc(Cl)cn2)CC1. The lowest BCUT2D eigenvalue weighted by Crippen LogP contribution is -2.49. The smallest absolute Gasteiger partial charge is 0.261 e. The number of nitrogens with zero attached hydrogens (tertiary/aromatic N) is 3. The summed E-state index contributed by atoms with van der Waals surface area (Å²) in [6, 6.07) is 16.1. The van der Waals surface area contributed by atoms with E-state index in [1.807, 2.05) is 6.07 Å². The number of hydrogen-bond acceptors (Lipinski definition) is 5. The van der Waals surface area contributed by atoms with Crippen LogP contribution in [0, 0.1) is 0 Å². The van der Waals surface area contributed by atoms with Gasteiger partial charge in [-0.1, -0.05) is 35.3 Å². The molecule has 1 N–H and O–H groups in total. The van der Waals surface area contributed by atoms with Crippen molar-refractivity contribution in [2.75, 3.05) is 35.8 Å². The number of pyridine rings is 1. The molecule has 166 valence electrons. The molecule has 10 heteroatoms. The van der Waals surface area contributed by atoms with Crippen LogP contribution < -0.4 is 9.62 Å². The number of halogens is 2. The molecular formula is C22H20Cl2N4O3S. The van der Waals surface area contributed by atoms with Gasteiger partial charge in [-0.3, -0.25) is 9.52 Å². The average molecular weight is 491 g/mol. The fourth-order valence-corrected chi connectivity index (χ4v) is 4.84. The molecule has 1 fully saturated rings. The lowest BCUT2D eigenvalue weighted by molar-refractivity contribution is 0.0746. The van der Waals surface area contributed by atoms with E-state index in [1.165, 1.54) is 18.2 Å². The van der Waals surface area contributed by atoms with E-state index in [-0.39, 0.29) is 10.8 Å². The van der Waals surface area contributed by atoms with E-state index in [0.717, 1.165) is 5.82 Å². The van der Waals surface area contributed by atoms with Gasteiger partial charge < -0.3 is 9.80 Å². The van der Waals surface area contributed by atoms with Crippen molar-refractivity contribution in [1.82, 2.24) is 9.88 Å². The Hall–Kier alpha value is -2.81. The van der Waals surface area contributed by atoms with Crippen LogP contribution in [-0.2, 0) is 10.0 Å². The monoisotopic (exact) mass is 490 g/mol. The van der Waals surface area contributed by atoms with Gasteiger partial charge in [-0.25, -0.2) is 13.4 Å². The third-order valence-electron chi connectivity index (χ3n) is 5.07. The van der Waals surface area contributed by atoms with E-state index in [2.05, 4.69) is 14.6 Å². The molecule has 4 rings (SSSR count). The van der Waals surface area contributed by atoms with E-state index < -0.39 is 10.0 Å². The Kier molecular flexibility index (Phi) is 6.55. The fourth-order valence-electron chi connectivity index (χ4n) is 3.44. The molecule has 2 heterocycles. The van der Waals surface area contributed by atoms with Gasteiger partial charge in [-0.15, -0.1) is 0 Å². The predicted octanol–water partition coefficient (Wildman–Crippen LogP) is 4.15. The van der Waals surface area contributed by atoms with Crippen molar-refractivity contribution in [3.63, 3.8) is 0 Å². The molecule has 1 aromatic heterocycles. The first-order valence-corrected chi connectivity index (χ1v) is 12.1. The molecule has 0 bridgehead atoms. The largest absolute Gasteiger partial charge is 0.353 e. The molecule has 3 aromatic rings. The second-order valence-electron chi connectivity index (χ2n) is 7.26. The molecule has 1 aliphatic rings. The van der Waals surface area contributed by atoms with Crippen molar-refractivity contribution in [2.24, 2.45) is 0 Å². The molecule has 0 spiro atoms. The highest BCUT2D eigenvalue weighted by atomic mass is 35.5. The first kappa shape index (κ1) is 22.4. The minimum absolute atomic E-state index is 0.00678. The van der Waals surface area contributed by atoms with Crippen LogP contribution in [0.5, 0.6) is 0 Å². The molecule has 0 atom stereocenters. The van der Waals surface area contributed by atoms with Gasteiger partial charge in [0, 0.05) is 43.0 Å². The maximum Gasteiger partial charge on any atom is 0.261 e. The normalized spacial score (nSPS) is 14.3. The summed E-state index contributed by atoms with van der Waals surface area (Å²) in [5.74, 6) is 0.593. The molecular weight excluding hydrogens is 471 g/mol. The standard InChI is InChI=1S/C22H20Cl2N4O3S/c23-17-4-2-5-19(14-17)26-32(30,31)20-6-1-3-16(13-20)22(29)28-11-9-27(10-12-28)21-8-7-18(24)15-25-21/h1-8,13-15,26H,9-12H2. The van der Waals surface area contributed by atoms with Gasteiger partial charge in [0.15, 0.2) is 0 Å². The number of carbonyl (C=O) groups excluding carboxylic acids is 1. The lowest BCUT2D eigenvalue weighted by atomic mass is 10.2. The number of rotatable bonds is 5. The summed E-state index contributed by atoms with van der Waals surface area (Å²) in [6.07, 6.45) is 1.60. The summed E-state index contributed by atoms with van der Waals surface area (Å²) < 4.78 is 28.1. The van der Waals surface area contributed by atoms with Crippen LogP contribution in [0.3, 0.4) is 0 Å². The van der Waals surface area contributed by atoms with E-state index in [1.54, 1.807) is 47.5 Å². The van der Waals surface area contributed by atoms with Gasteiger partial charge >= 0.3 is 0 Å². The molecule has 7 nitrogen and oxygen atoms in total. The number of aromatic nitrogens is 1. The number of piperazine rings is 1. The van der Waals surface area contributed by atoms with Crippen LogP contribution in [0.2, 0.25) is 10.0 Å². The number of carbonyl (C=O) groups is 1. The van der Waals surface area contributed by atoms with Gasteiger partial charge in [0.05, 0.1) is 15.6 Å². The lowest BCUT2D eigenvalue weighted by Gasteiger charge is -2.35. The van der Waals surface area contributed by atoms with Crippen LogP contribution in [0.4, 0.5) is 11.5 Å². The Bertz CT molecular complexity index is 1230. The molecule has 0 unspecified atom stereocenters. The van der Waals surface area contributed by atoms with E-state index in [4.69, 9.17) is 23.2 Å². The average Bonchev–Trinajstić information content (AvgIpc) is 2.79. The molecule has 32 heavy (non-hydrogen) atoms. The zero-order valence-electron chi connectivity index (χ0n) is 16.9. The van der Waals surface area contributed by atoms with Crippen LogP contribution in [0.1, 0.15) is 10.4 Å². The van der Waals surface area contributed by atoms with Crippen LogP contribution >= 0.6 is 23.2 Å². The predicted molar refractivity (Wildman–Crippen MR) is 126 cm³/mol. The highest BCUT2D eigenvalue weighted by Crippen LogP contribution is 2.21. The van der Waals surface area contributed by atoms with Gasteiger partial charge in [-0.05, 0) is 48.5 Å². The van der Waals surface area contributed by atoms with Gasteiger partial charge in [0.25, 0.3) is 15.9 Å². The van der Waals surface area contributed by atoms with E-state index >= 15 is 0 Å². The zero-order valence-corrected chi connectivity index (χ0v) is 19.2. The number of amides is 1. The fraction of sp³-hybridized carbons (Fsp3) is 0.182. The maximum absolute atomic E-state index is 13.0. The highest BCUT2D eigenvalue weighted by molar-refractivity contribution is 7.92. The third-order valence-corrected chi connectivity index (χ3v) is 6.91. The van der Waals surface area contributed by atoms with E-state index in [0.29, 0.717) is 47.5 Å². The highest BCUT2D eigenvalue weighted by Gasteiger charge is 2.24. The van der Waals surface area contributed by atoms with Crippen LogP contribution in [-0.4, -0.2) is 50.4 Å². The Morgan fingerprint density at radius 2 is 1.66 bits per heavy atom. The summed E-state index contributed by atoms with van der Waals surface area (Å²) in [5, 5.41) is 0.990. The Labute approximate surface area is 196 Å². The number of anilines is 2. The van der Waals surface area contributed by atoms with Crippen molar-refractivity contribution in [3.05, 3.63) is 82.5 Å². The third kappa shape index (κ3) is 5.15. The molecule has 1 amide bonds. The van der Waals surface area contributed by atoms with Gasteiger partial charge in [0.2, 0.25) is 0 Å². The number of sulfonamides is 1. The number of hydrogen-bond donors (Lipinski definition) is 1. The first-order valence-electron chi connectivity index (χ1n) is 9.86. The second-order valence-corrected chi connectivity index (χ2v) is 9.81. The summed E-state index contributed by atoms with van der Waals surface area (Å²) in [6.45, 7) is 2.24. The first-order chi connectivity index (χ1) is 15.3. The second kappa shape index (κ2) is 9.36. The number of nitrogens with one attached hydrogen (secondary N) is 1. The minimum atomic E-state index is -3.87. The topological polar surface area (TPSA) is 82.6 Å². The van der Waals surface area contributed by atoms with Crippen molar-refractivity contribution in [3.8, 4) is 0 Å². The van der Waals surface area contributed by atoms with Crippen molar-refractivity contribution < 1.29 is 13.2 Å². The molecule has 0 saturated carbocycles. The Morgan fingerprint density at radius 3 is 2.34 bits per heavy atom.